The Kier molecular flexibility index (Phi) is 5.65. The van der Waals surface area contributed by atoms with E-state index >= 15 is 0 Å². The molecule has 1 aliphatic rings. The number of fused-ring (bicyclic) bond motifs is 1. The first kappa shape index (κ1) is 18.9. The van der Waals surface area contributed by atoms with Gasteiger partial charge in [0.05, 0.1) is 4.92 Å². The van der Waals surface area contributed by atoms with Crippen molar-refractivity contribution in [1.82, 2.24) is 9.97 Å². The van der Waals surface area contributed by atoms with Crippen LogP contribution in [-0.4, -0.2) is 21.4 Å². The van der Waals surface area contributed by atoms with Crippen LogP contribution in [0.3, 0.4) is 0 Å². The lowest BCUT2D eigenvalue weighted by molar-refractivity contribution is -0.383. The molecule has 0 spiro atoms. The summed E-state index contributed by atoms with van der Waals surface area (Å²) < 4.78 is 0. The Morgan fingerprint density at radius 2 is 1.86 bits per heavy atom. The second-order valence-electron chi connectivity index (χ2n) is 7.11. The highest BCUT2D eigenvalue weighted by molar-refractivity contribution is 5.96. The Balaban J connectivity index is 1.58. The third kappa shape index (κ3) is 4.34. The average molecular weight is 389 g/mol. The second-order valence-corrected chi connectivity index (χ2v) is 7.11. The Hall–Kier alpha value is -3.48. The fourth-order valence-corrected chi connectivity index (χ4v) is 3.71. The molecule has 0 fully saturated rings. The lowest BCUT2D eigenvalue weighted by atomic mass is 9.97. The van der Waals surface area contributed by atoms with Crippen molar-refractivity contribution in [2.45, 2.75) is 32.1 Å². The van der Waals surface area contributed by atoms with Crippen molar-refractivity contribution in [3.63, 3.8) is 0 Å². The van der Waals surface area contributed by atoms with Gasteiger partial charge in [0.1, 0.15) is 6.33 Å². The van der Waals surface area contributed by atoms with Gasteiger partial charge in [-0.3, -0.25) is 10.1 Å². The van der Waals surface area contributed by atoms with Crippen LogP contribution in [0.4, 0.5) is 23.0 Å². The van der Waals surface area contributed by atoms with Gasteiger partial charge in [-0.05, 0) is 43.6 Å². The summed E-state index contributed by atoms with van der Waals surface area (Å²) in [5, 5.41) is 20.1. The summed E-state index contributed by atoms with van der Waals surface area (Å²) in [6, 6.07) is 13.7. The molecular weight excluding hydrogens is 366 g/mol. The van der Waals surface area contributed by atoms with Gasteiger partial charge in [0.25, 0.3) is 0 Å². The molecule has 7 heteroatoms. The van der Waals surface area contributed by atoms with Crippen molar-refractivity contribution in [3.05, 3.63) is 70.6 Å². The monoisotopic (exact) mass is 389 g/mol. The van der Waals surface area contributed by atoms with Crippen molar-refractivity contribution < 1.29 is 4.92 Å². The fourth-order valence-electron chi connectivity index (χ4n) is 3.71. The SMILES string of the molecule is O=[N+]([O-])c1c(NCCC2=CCCCC2)ncnc1Nc1cccc2ccccc12. The Bertz CT molecular complexity index is 1060. The number of aromatic nitrogens is 2. The molecule has 0 saturated carbocycles. The molecule has 0 unspecified atom stereocenters. The first-order valence-corrected chi connectivity index (χ1v) is 9.88. The van der Waals surface area contributed by atoms with Gasteiger partial charge in [0.15, 0.2) is 0 Å². The molecule has 4 rings (SSSR count). The Morgan fingerprint density at radius 3 is 2.69 bits per heavy atom. The standard InChI is InChI=1S/C22H23N5O2/c28-27(29)20-21(23-14-13-16-7-2-1-3-8-16)24-15-25-22(20)26-19-12-6-10-17-9-4-5-11-18(17)19/h4-7,9-12,15H,1-3,8,13-14H2,(H2,23,24,25,26). The summed E-state index contributed by atoms with van der Waals surface area (Å²) in [6.45, 7) is 0.609. The van der Waals surface area contributed by atoms with E-state index in [2.05, 4.69) is 26.7 Å². The largest absolute Gasteiger partial charge is 0.364 e. The quantitative estimate of drug-likeness (QED) is 0.311. The molecule has 7 nitrogen and oxygen atoms in total. The molecule has 2 N–H and O–H groups in total. The lowest BCUT2D eigenvalue weighted by Gasteiger charge is -2.14. The van der Waals surface area contributed by atoms with Crippen LogP contribution >= 0.6 is 0 Å². The van der Waals surface area contributed by atoms with Crippen molar-refractivity contribution in [3.8, 4) is 0 Å². The second kappa shape index (κ2) is 8.68. The molecule has 0 saturated heterocycles. The topological polar surface area (TPSA) is 93.0 Å². The van der Waals surface area contributed by atoms with E-state index in [1.54, 1.807) is 0 Å². The summed E-state index contributed by atoms with van der Waals surface area (Å²) in [6.07, 6.45) is 9.21. The predicted octanol–water partition coefficient (Wildman–Crippen LogP) is 5.58. The van der Waals surface area contributed by atoms with Crippen LogP contribution in [0.1, 0.15) is 32.1 Å². The van der Waals surface area contributed by atoms with E-state index in [0.29, 0.717) is 6.54 Å². The number of nitrogens with zero attached hydrogens (tertiary/aromatic N) is 3. The molecule has 1 aliphatic carbocycles. The zero-order valence-electron chi connectivity index (χ0n) is 16.1. The molecule has 1 heterocycles. The van der Waals surface area contributed by atoms with Crippen LogP contribution in [0.25, 0.3) is 10.8 Å². The number of nitro groups is 1. The molecule has 29 heavy (non-hydrogen) atoms. The van der Waals surface area contributed by atoms with Crippen molar-refractivity contribution in [1.29, 1.82) is 0 Å². The number of allylic oxidation sites excluding steroid dienone is 1. The minimum absolute atomic E-state index is 0.141. The van der Waals surface area contributed by atoms with E-state index in [1.165, 1.54) is 24.7 Å². The maximum atomic E-state index is 11.8. The number of benzene rings is 2. The molecule has 3 aromatic rings. The summed E-state index contributed by atoms with van der Waals surface area (Å²) in [5.41, 5.74) is 2.04. The first-order chi connectivity index (χ1) is 14.2. The first-order valence-electron chi connectivity index (χ1n) is 9.88. The van der Waals surface area contributed by atoms with Gasteiger partial charge in [0, 0.05) is 17.6 Å². The van der Waals surface area contributed by atoms with Crippen LogP contribution in [0, 0.1) is 10.1 Å². The number of nitrogens with one attached hydrogen (secondary N) is 2. The van der Waals surface area contributed by atoms with Gasteiger partial charge in [-0.2, -0.15) is 0 Å². The van der Waals surface area contributed by atoms with Crippen molar-refractivity contribution in [2.75, 3.05) is 17.2 Å². The molecule has 0 amide bonds. The van der Waals surface area contributed by atoms with Crippen LogP contribution in [-0.2, 0) is 0 Å². The zero-order valence-corrected chi connectivity index (χ0v) is 16.1. The molecule has 0 atom stereocenters. The van der Waals surface area contributed by atoms with Crippen molar-refractivity contribution >= 4 is 33.8 Å². The number of hydrogen-bond acceptors (Lipinski definition) is 6. The Labute approximate surface area is 169 Å². The Morgan fingerprint density at radius 1 is 1.03 bits per heavy atom. The minimum Gasteiger partial charge on any atom is -0.364 e. The molecule has 0 radical (unpaired) electrons. The lowest BCUT2D eigenvalue weighted by Crippen LogP contribution is -2.10. The van der Waals surface area contributed by atoms with E-state index in [4.69, 9.17) is 0 Å². The van der Waals surface area contributed by atoms with Gasteiger partial charge in [-0.25, -0.2) is 9.97 Å². The summed E-state index contributed by atoms with van der Waals surface area (Å²) in [7, 11) is 0. The summed E-state index contributed by atoms with van der Waals surface area (Å²) in [5.74, 6) is 0.421. The van der Waals surface area contributed by atoms with Gasteiger partial charge in [0.2, 0.25) is 11.6 Å². The third-order valence-electron chi connectivity index (χ3n) is 5.17. The maximum absolute atomic E-state index is 11.8. The van der Waals surface area contributed by atoms with Crippen LogP contribution in [0.5, 0.6) is 0 Å². The van der Waals surface area contributed by atoms with Crippen LogP contribution in [0.2, 0.25) is 0 Å². The summed E-state index contributed by atoms with van der Waals surface area (Å²) >= 11 is 0. The van der Waals surface area contributed by atoms with Gasteiger partial charge >= 0.3 is 5.69 Å². The molecule has 0 bridgehead atoms. The van der Waals surface area contributed by atoms with Crippen molar-refractivity contribution in [2.24, 2.45) is 0 Å². The van der Waals surface area contributed by atoms with E-state index in [9.17, 15) is 10.1 Å². The fraction of sp³-hybridized carbons (Fsp3) is 0.273. The molecular formula is C22H23N5O2. The molecule has 0 aliphatic heterocycles. The number of hydrogen-bond donors (Lipinski definition) is 2. The maximum Gasteiger partial charge on any atom is 0.353 e. The smallest absolute Gasteiger partial charge is 0.353 e. The highest BCUT2D eigenvalue weighted by Gasteiger charge is 2.23. The zero-order chi connectivity index (χ0) is 20.1. The normalized spacial score (nSPS) is 13.7. The van der Waals surface area contributed by atoms with E-state index in [0.717, 1.165) is 35.7 Å². The van der Waals surface area contributed by atoms with Crippen LogP contribution in [0.15, 0.2) is 60.4 Å². The molecule has 1 aromatic heterocycles. The third-order valence-corrected chi connectivity index (χ3v) is 5.17. The van der Waals surface area contributed by atoms with E-state index in [1.807, 2.05) is 42.5 Å². The predicted molar refractivity (Wildman–Crippen MR) is 116 cm³/mol. The average Bonchev–Trinajstić information content (AvgIpc) is 2.75. The summed E-state index contributed by atoms with van der Waals surface area (Å²) in [4.78, 5) is 19.6. The van der Waals surface area contributed by atoms with Crippen LogP contribution < -0.4 is 10.6 Å². The highest BCUT2D eigenvalue weighted by atomic mass is 16.6. The van der Waals surface area contributed by atoms with Gasteiger partial charge in [-0.15, -0.1) is 0 Å². The van der Waals surface area contributed by atoms with Gasteiger partial charge < -0.3 is 10.6 Å². The van der Waals surface area contributed by atoms with E-state index in [-0.39, 0.29) is 17.3 Å². The minimum atomic E-state index is -0.435. The number of rotatable bonds is 7. The molecule has 148 valence electrons. The number of anilines is 3. The van der Waals surface area contributed by atoms with Gasteiger partial charge in [-0.1, -0.05) is 48.0 Å². The highest BCUT2D eigenvalue weighted by Crippen LogP contribution is 2.33. The molecule has 2 aromatic carbocycles. The van der Waals surface area contributed by atoms with E-state index < -0.39 is 4.92 Å².